The molecule has 0 amide bonds. The van der Waals surface area contributed by atoms with E-state index in [1.54, 1.807) is 7.11 Å². The van der Waals surface area contributed by atoms with Crippen molar-refractivity contribution >= 4 is 41.4 Å². The zero-order valence-electron chi connectivity index (χ0n) is 46.4. The van der Waals surface area contributed by atoms with E-state index in [1.165, 1.54) is 16.7 Å². The fourth-order valence-corrected chi connectivity index (χ4v) is 16.6. The average Bonchev–Trinajstić information content (AvgIpc) is 3.56. The highest BCUT2D eigenvalue weighted by Gasteiger charge is 2.77. The summed E-state index contributed by atoms with van der Waals surface area (Å²) in [6.45, 7) is 9.03. The van der Waals surface area contributed by atoms with E-state index in [0.29, 0.717) is 48.2 Å². The van der Waals surface area contributed by atoms with Crippen molar-refractivity contribution in [2.24, 2.45) is 16.7 Å². The van der Waals surface area contributed by atoms with Crippen LogP contribution >= 0.6 is 35.6 Å². The second-order valence-corrected chi connectivity index (χ2v) is 24.7. The smallest absolute Gasteiger partial charge is 0.153 e. The number of Topliss-reactive ketones (excluding diaryl/α,β-unsaturated/α-hetero) is 1. The summed E-state index contributed by atoms with van der Waals surface area (Å²) >= 11 is 13.3. The van der Waals surface area contributed by atoms with Crippen LogP contribution in [-0.4, -0.2) is 133 Å². The molecular weight excluding hydrogens is 1040 g/mol. The summed E-state index contributed by atoms with van der Waals surface area (Å²) in [5.41, 5.74) is 5.49. The van der Waals surface area contributed by atoms with Crippen LogP contribution in [0.4, 0.5) is 4.39 Å². The van der Waals surface area contributed by atoms with Gasteiger partial charge in [-0.1, -0.05) is 90.8 Å². The van der Waals surface area contributed by atoms with Gasteiger partial charge in [0.2, 0.25) is 0 Å². The molecule has 2 aliphatic carbocycles. The van der Waals surface area contributed by atoms with E-state index in [1.807, 2.05) is 48.8 Å². The highest BCUT2D eigenvalue weighted by molar-refractivity contribution is 6.31. The molecule has 2 saturated carbocycles. The summed E-state index contributed by atoms with van der Waals surface area (Å²) < 4.78 is 26.0. The lowest BCUT2D eigenvalue weighted by atomic mass is 9.54. The second kappa shape index (κ2) is 24.2. The molecule has 11 rings (SSSR count). The van der Waals surface area contributed by atoms with E-state index in [4.69, 9.17) is 37.7 Å². The number of hydrogen-bond donors (Lipinski definition) is 3. The van der Waals surface area contributed by atoms with Gasteiger partial charge in [-0.15, -0.1) is 12.4 Å². The van der Waals surface area contributed by atoms with Crippen LogP contribution in [0.25, 0.3) is 11.1 Å². The van der Waals surface area contributed by atoms with E-state index >= 15 is 4.79 Å². The Labute approximate surface area is 479 Å². The van der Waals surface area contributed by atoms with Crippen molar-refractivity contribution in [3.8, 4) is 22.6 Å². The number of likely N-dealkylation sites (N-methyl/N-ethyl adjacent to an activating group) is 2. The van der Waals surface area contributed by atoms with Gasteiger partial charge in [0, 0.05) is 121 Å². The third-order valence-corrected chi connectivity index (χ3v) is 20.4. The maximum atomic E-state index is 17.5. The molecule has 4 aliphatic heterocycles. The number of hydrogen-bond acceptors (Lipinski definition) is 10. The molecule has 1 spiro atoms. The number of carbonyl (C=O) groups is 1. The molecule has 7 unspecified atom stereocenters. The van der Waals surface area contributed by atoms with Crippen LogP contribution in [0, 0.1) is 16.7 Å². The molecule has 10 nitrogen and oxygen atoms in total. The predicted octanol–water partition coefficient (Wildman–Crippen LogP) is 11.6. The van der Waals surface area contributed by atoms with Gasteiger partial charge in [0.05, 0.1) is 17.4 Å². The Bertz CT molecular complexity index is 2830. The van der Waals surface area contributed by atoms with Gasteiger partial charge in [0.15, 0.2) is 5.78 Å². The number of aromatic nitrogens is 1. The molecule has 5 aromatic rings. The molecule has 5 heterocycles. The SMILES string of the molecule is CCC12C(=O)C34C5C[C@H](Cc6ccc(Cl)cc6)N(C)C3[C@@H](COC)NC4[C@H](C)N(Cc3ccc(Cl)cc3Oc3ccc(-c4cncc(C6CCC(NCCF)CC6)c4)cc3)C1C[C@@H](Cc1ccccc1)C2N(C)[C@@H](C)CN5.Cl. The minimum Gasteiger partial charge on any atom is -0.457 e. The van der Waals surface area contributed by atoms with Gasteiger partial charge >= 0.3 is 0 Å². The first-order valence-electron chi connectivity index (χ1n) is 28.7. The molecule has 6 aliphatic rings. The van der Waals surface area contributed by atoms with Gasteiger partial charge in [0.25, 0.3) is 0 Å². The average molecular weight is 1120 g/mol. The summed E-state index contributed by atoms with van der Waals surface area (Å²) in [6.07, 6.45) is 12.4. The van der Waals surface area contributed by atoms with E-state index in [-0.39, 0.29) is 79.4 Å². The molecule has 4 saturated heterocycles. The summed E-state index contributed by atoms with van der Waals surface area (Å²) in [5.74, 6) is 2.52. The van der Waals surface area contributed by atoms with Crippen LogP contribution in [0.15, 0.2) is 116 Å². The Morgan fingerprint density at radius 1 is 0.833 bits per heavy atom. The second-order valence-electron chi connectivity index (χ2n) is 23.8. The van der Waals surface area contributed by atoms with Crippen molar-refractivity contribution in [1.29, 1.82) is 0 Å². The Hall–Kier alpha value is -3.98. The Kier molecular flexibility index (Phi) is 17.8. The normalized spacial score (nSPS) is 33.1. The highest BCUT2D eigenvalue weighted by Crippen LogP contribution is 2.63. The topological polar surface area (TPSA) is 94.2 Å². The van der Waals surface area contributed by atoms with Crippen molar-refractivity contribution in [3.63, 3.8) is 0 Å². The largest absolute Gasteiger partial charge is 0.457 e. The number of alkyl halides is 1. The molecule has 12 atom stereocenters. The number of pyridine rings is 1. The minimum atomic E-state index is -0.786. The maximum Gasteiger partial charge on any atom is 0.153 e. The number of nitrogens with zero attached hydrogens (tertiary/aromatic N) is 4. The fourth-order valence-electron chi connectivity index (χ4n) is 16.3. The van der Waals surface area contributed by atoms with Crippen molar-refractivity contribution < 1.29 is 18.7 Å². The number of benzene rings is 4. The van der Waals surface area contributed by atoms with E-state index < -0.39 is 10.8 Å². The summed E-state index contributed by atoms with van der Waals surface area (Å²) in [5, 5.41) is 13.2. The third kappa shape index (κ3) is 10.5. The monoisotopic (exact) mass is 1120 g/mol. The molecule has 4 aromatic carbocycles. The van der Waals surface area contributed by atoms with Gasteiger partial charge < -0.3 is 25.4 Å². The summed E-state index contributed by atoms with van der Waals surface area (Å²) in [4.78, 5) is 30.2. The third-order valence-electron chi connectivity index (χ3n) is 19.9. The number of likely N-dealkylation sites (tertiary alicyclic amines) is 2. The first-order chi connectivity index (χ1) is 37.4. The molecule has 2 bridgehead atoms. The van der Waals surface area contributed by atoms with Crippen LogP contribution in [0.5, 0.6) is 11.5 Å². The number of carbonyl (C=O) groups excluding carboxylic acids is 1. The standard InChI is InChI=1S/C64H80Cl2FN7O3.ClH/c1-7-63-58-32-47(29-42-11-9-8-10-12-42)60(63)72(4)40(2)35-70-57-34-53(30-43-13-20-50(65)21-14-43)73(5)61-55(39-76-6)71-59(64(57,61)62(63)75)41(3)74(58)38-46-15-22-51(66)33-56(46)77-54-25-18-45(19-26-54)49-31-48(36-68-37-49)44-16-23-52(24-17-44)69-28-27-67;/h8-15,18-22,25-26,31,33,36-37,40-41,44,47,52-53,55,57-61,69-71H,7,16-17,23-24,27-30,32,34-35,38-39H2,1-6H3;1H/t40-,41-,44?,47+,52?,53-,55+,57?,58?,59?,60?,61?,63?,64?;/m0./s1. The fraction of sp³-hybridized carbons (Fsp3) is 0.531. The first-order valence-corrected chi connectivity index (χ1v) is 29.5. The van der Waals surface area contributed by atoms with Crippen molar-refractivity contribution in [1.82, 2.24) is 35.6 Å². The van der Waals surface area contributed by atoms with E-state index in [9.17, 15) is 4.39 Å². The summed E-state index contributed by atoms with van der Waals surface area (Å²) in [6, 6.07) is 36.1. The lowest BCUT2D eigenvalue weighted by molar-refractivity contribution is -0.154. The first kappa shape index (κ1) is 57.3. The number of halogens is 4. The molecular formula is C64H81Cl3FN7O3. The van der Waals surface area contributed by atoms with Crippen LogP contribution in [0.2, 0.25) is 10.0 Å². The van der Waals surface area contributed by atoms with Crippen molar-refractivity contribution in [3.05, 3.63) is 148 Å². The van der Waals surface area contributed by atoms with Crippen LogP contribution < -0.4 is 20.7 Å². The van der Waals surface area contributed by atoms with Crippen LogP contribution in [-0.2, 0) is 28.9 Å². The molecule has 6 fully saturated rings. The van der Waals surface area contributed by atoms with E-state index in [2.05, 4.69) is 132 Å². The zero-order chi connectivity index (χ0) is 53.6. The van der Waals surface area contributed by atoms with Gasteiger partial charge in [-0.25, -0.2) is 4.39 Å². The maximum absolute atomic E-state index is 17.5. The lowest BCUT2D eigenvalue weighted by Crippen LogP contribution is -2.73. The molecule has 3 N–H and O–H groups in total. The van der Waals surface area contributed by atoms with Crippen molar-refractivity contribution in [2.45, 2.75) is 151 Å². The summed E-state index contributed by atoms with van der Waals surface area (Å²) in [7, 11) is 6.39. The van der Waals surface area contributed by atoms with Gasteiger partial charge in [-0.05, 0) is 162 Å². The molecule has 418 valence electrons. The number of piperidine rings is 1. The molecule has 78 heavy (non-hydrogen) atoms. The van der Waals surface area contributed by atoms with Crippen molar-refractivity contribution in [2.75, 3.05) is 47.6 Å². The number of rotatable bonds is 16. The zero-order valence-corrected chi connectivity index (χ0v) is 48.7. The molecule has 0 radical (unpaired) electrons. The van der Waals surface area contributed by atoms with Gasteiger partial charge in [-0.2, -0.15) is 0 Å². The quantitative estimate of drug-likeness (QED) is 0.0887. The number of methoxy groups -OCH3 is 1. The molecule has 14 heteroatoms. The Balaban J connectivity index is 0.00000688. The minimum absolute atomic E-state index is 0. The van der Waals surface area contributed by atoms with Crippen LogP contribution in [0.3, 0.4) is 0 Å². The highest BCUT2D eigenvalue weighted by atomic mass is 35.5. The van der Waals surface area contributed by atoms with Gasteiger partial charge in [0.1, 0.15) is 18.2 Å². The Morgan fingerprint density at radius 2 is 1.56 bits per heavy atom. The van der Waals surface area contributed by atoms with E-state index in [0.717, 1.165) is 91.8 Å². The predicted molar refractivity (Wildman–Crippen MR) is 315 cm³/mol. The number of nitrogens with one attached hydrogen (secondary N) is 3. The van der Waals surface area contributed by atoms with Gasteiger partial charge in [-0.3, -0.25) is 24.5 Å². The number of ketones is 1. The number of ether oxygens (including phenoxy) is 2. The molecule has 1 aromatic heterocycles. The van der Waals surface area contributed by atoms with Crippen LogP contribution in [0.1, 0.15) is 93.9 Å². The lowest BCUT2D eigenvalue weighted by Gasteiger charge is -2.57. The Morgan fingerprint density at radius 3 is 2.28 bits per heavy atom.